The van der Waals surface area contributed by atoms with Gasteiger partial charge >= 0.3 is 0 Å². The Kier molecular flexibility index (Phi) is 1.79. The molecule has 2 amide bonds. The van der Waals surface area contributed by atoms with Gasteiger partial charge in [-0.3, -0.25) is 14.9 Å². The van der Waals surface area contributed by atoms with Gasteiger partial charge in [0, 0.05) is 13.0 Å². The van der Waals surface area contributed by atoms with Crippen molar-refractivity contribution in [3.8, 4) is 0 Å². The van der Waals surface area contributed by atoms with Crippen LogP contribution in [-0.2, 0) is 9.59 Å². The zero-order valence-electron chi connectivity index (χ0n) is 4.89. The van der Waals surface area contributed by atoms with Gasteiger partial charge in [0.2, 0.25) is 11.8 Å². The Bertz CT molecular complexity index is 128. The molecule has 0 atom stereocenters. The summed E-state index contributed by atoms with van der Waals surface area (Å²) in [6.45, 7) is 0.601. The van der Waals surface area contributed by atoms with E-state index in [0.29, 0.717) is 13.0 Å². The summed E-state index contributed by atoms with van der Waals surface area (Å²) in [6.07, 6.45) is 0.339. The Balaban J connectivity index is 2.47. The van der Waals surface area contributed by atoms with E-state index in [1.165, 1.54) is 0 Å². The number of amides is 2. The second-order valence-corrected chi connectivity index (χ2v) is 1.83. The monoisotopic (exact) mass is 127 g/mol. The lowest BCUT2D eigenvalue weighted by molar-refractivity contribution is -0.128. The maximum absolute atomic E-state index is 10.5. The van der Waals surface area contributed by atoms with Crippen molar-refractivity contribution in [2.75, 3.05) is 13.1 Å². The SMILES string of the molecule is O=C1CC[N]CC(=O)N1. The van der Waals surface area contributed by atoms with Crippen molar-refractivity contribution in [3.05, 3.63) is 0 Å². The number of nitrogens with zero attached hydrogens (tertiary/aromatic N) is 1. The fraction of sp³-hybridized carbons (Fsp3) is 0.600. The van der Waals surface area contributed by atoms with Crippen LogP contribution in [0.3, 0.4) is 0 Å². The zero-order valence-corrected chi connectivity index (χ0v) is 4.89. The Morgan fingerprint density at radius 2 is 2.11 bits per heavy atom. The first-order valence-corrected chi connectivity index (χ1v) is 2.75. The summed E-state index contributed by atoms with van der Waals surface area (Å²) in [5.41, 5.74) is 0. The molecule has 1 aliphatic rings. The highest BCUT2D eigenvalue weighted by Crippen LogP contribution is 1.83. The van der Waals surface area contributed by atoms with Crippen molar-refractivity contribution in [3.63, 3.8) is 0 Å². The van der Waals surface area contributed by atoms with Gasteiger partial charge < -0.3 is 0 Å². The molecule has 0 bridgehead atoms. The van der Waals surface area contributed by atoms with Gasteiger partial charge in [0.1, 0.15) is 0 Å². The number of hydrogen-bond acceptors (Lipinski definition) is 2. The van der Waals surface area contributed by atoms with Crippen LogP contribution >= 0.6 is 0 Å². The first-order chi connectivity index (χ1) is 4.29. The third-order valence-corrected chi connectivity index (χ3v) is 1.03. The Morgan fingerprint density at radius 1 is 1.33 bits per heavy atom. The summed E-state index contributed by atoms with van der Waals surface area (Å²) in [5.74, 6) is -0.515. The second kappa shape index (κ2) is 2.59. The van der Waals surface area contributed by atoms with Gasteiger partial charge in [-0.2, -0.15) is 0 Å². The van der Waals surface area contributed by atoms with E-state index in [9.17, 15) is 9.59 Å². The molecule has 1 N–H and O–H groups in total. The number of rotatable bonds is 0. The second-order valence-electron chi connectivity index (χ2n) is 1.83. The van der Waals surface area contributed by atoms with Crippen LogP contribution in [0.15, 0.2) is 0 Å². The lowest BCUT2D eigenvalue weighted by Crippen LogP contribution is -2.30. The molecule has 1 saturated heterocycles. The van der Waals surface area contributed by atoms with Crippen molar-refractivity contribution in [2.24, 2.45) is 0 Å². The third-order valence-electron chi connectivity index (χ3n) is 1.03. The van der Waals surface area contributed by atoms with Crippen LogP contribution in [0.5, 0.6) is 0 Å². The topological polar surface area (TPSA) is 60.3 Å². The average Bonchev–Trinajstić information content (AvgIpc) is 1.93. The molecule has 4 nitrogen and oxygen atoms in total. The van der Waals surface area contributed by atoms with Crippen LogP contribution in [0.25, 0.3) is 0 Å². The first-order valence-electron chi connectivity index (χ1n) is 2.75. The fourth-order valence-electron chi connectivity index (χ4n) is 0.619. The number of carbonyl (C=O) groups is 2. The smallest absolute Gasteiger partial charge is 0.242 e. The predicted molar refractivity (Wildman–Crippen MR) is 29.6 cm³/mol. The Labute approximate surface area is 52.6 Å². The van der Waals surface area contributed by atoms with Crippen LogP contribution < -0.4 is 10.6 Å². The predicted octanol–water partition coefficient (Wildman–Crippen LogP) is -1.36. The van der Waals surface area contributed by atoms with E-state index in [4.69, 9.17) is 0 Å². The maximum atomic E-state index is 10.5. The molecule has 1 rings (SSSR count). The molecule has 0 aromatic rings. The minimum absolute atomic E-state index is 0.131. The van der Waals surface area contributed by atoms with Crippen molar-refractivity contribution >= 4 is 11.8 Å². The molecule has 4 heteroatoms. The summed E-state index contributed by atoms with van der Waals surface area (Å²) >= 11 is 0. The van der Waals surface area contributed by atoms with Crippen LogP contribution in [0, 0.1) is 0 Å². The van der Waals surface area contributed by atoms with Crippen molar-refractivity contribution in [1.29, 1.82) is 0 Å². The standard InChI is InChI=1S/C5H7N2O2/c8-4-1-2-6-3-5(9)7-4/h1-3H2,(H,7,8,9). The highest BCUT2D eigenvalue weighted by Gasteiger charge is 2.11. The molecule has 0 spiro atoms. The van der Waals surface area contributed by atoms with Gasteiger partial charge in [-0.05, 0) is 0 Å². The van der Waals surface area contributed by atoms with Gasteiger partial charge in [-0.1, -0.05) is 0 Å². The lowest BCUT2D eigenvalue weighted by Gasteiger charge is -1.92. The molecule has 0 aromatic carbocycles. The maximum Gasteiger partial charge on any atom is 0.242 e. The van der Waals surface area contributed by atoms with E-state index >= 15 is 0 Å². The van der Waals surface area contributed by atoms with Crippen LogP contribution in [0.4, 0.5) is 0 Å². The van der Waals surface area contributed by atoms with Crippen molar-refractivity contribution in [2.45, 2.75) is 6.42 Å². The largest absolute Gasteiger partial charge is 0.295 e. The normalized spacial score (nSPS) is 20.9. The first kappa shape index (κ1) is 6.22. The molecule has 1 aliphatic heterocycles. The zero-order chi connectivity index (χ0) is 6.69. The molecule has 0 aromatic heterocycles. The molecular weight excluding hydrogens is 120 g/mol. The van der Waals surface area contributed by atoms with E-state index in [1.807, 2.05) is 0 Å². The molecule has 9 heavy (non-hydrogen) atoms. The van der Waals surface area contributed by atoms with Gasteiger partial charge in [-0.25, -0.2) is 5.32 Å². The van der Waals surface area contributed by atoms with E-state index in [1.54, 1.807) is 0 Å². The highest BCUT2D eigenvalue weighted by molar-refractivity contribution is 5.96. The Hall–Kier alpha value is -0.900. The molecule has 0 saturated carbocycles. The fourth-order valence-corrected chi connectivity index (χ4v) is 0.619. The summed E-state index contributed by atoms with van der Waals surface area (Å²) in [6, 6.07) is 0. The number of nitrogens with one attached hydrogen (secondary N) is 1. The van der Waals surface area contributed by atoms with E-state index < -0.39 is 0 Å². The Morgan fingerprint density at radius 3 is 2.89 bits per heavy atom. The summed E-state index contributed by atoms with van der Waals surface area (Å²) in [5, 5.41) is 5.94. The van der Waals surface area contributed by atoms with Crippen molar-refractivity contribution in [1.82, 2.24) is 10.6 Å². The average molecular weight is 127 g/mol. The lowest BCUT2D eigenvalue weighted by atomic mass is 10.4. The molecule has 0 unspecified atom stereocenters. The highest BCUT2D eigenvalue weighted by atomic mass is 16.2. The van der Waals surface area contributed by atoms with E-state index in [-0.39, 0.29) is 18.4 Å². The minimum atomic E-state index is -0.294. The molecular formula is C5H7N2O2. The van der Waals surface area contributed by atoms with E-state index in [0.717, 1.165) is 0 Å². The molecule has 1 radical (unpaired) electrons. The third kappa shape index (κ3) is 1.81. The molecule has 0 aliphatic carbocycles. The number of imide groups is 1. The summed E-state index contributed by atoms with van der Waals surface area (Å²) < 4.78 is 0. The summed E-state index contributed by atoms with van der Waals surface area (Å²) in [7, 11) is 0. The summed E-state index contributed by atoms with van der Waals surface area (Å²) in [4.78, 5) is 21.0. The van der Waals surface area contributed by atoms with Crippen LogP contribution in [0.2, 0.25) is 0 Å². The van der Waals surface area contributed by atoms with Crippen LogP contribution in [0.1, 0.15) is 6.42 Å². The molecule has 1 heterocycles. The van der Waals surface area contributed by atoms with Gasteiger partial charge in [-0.15, -0.1) is 0 Å². The molecule has 1 fully saturated rings. The van der Waals surface area contributed by atoms with Crippen molar-refractivity contribution < 1.29 is 9.59 Å². The number of hydrogen-bond donors (Lipinski definition) is 1. The number of carbonyl (C=O) groups excluding carboxylic acids is 2. The van der Waals surface area contributed by atoms with Gasteiger partial charge in [0.05, 0.1) is 6.54 Å². The molecule has 49 valence electrons. The quantitative estimate of drug-likeness (QED) is 0.408. The van der Waals surface area contributed by atoms with Gasteiger partial charge in [0.15, 0.2) is 0 Å². The van der Waals surface area contributed by atoms with E-state index in [2.05, 4.69) is 10.6 Å². The van der Waals surface area contributed by atoms with Crippen LogP contribution in [-0.4, -0.2) is 24.9 Å². The minimum Gasteiger partial charge on any atom is -0.295 e. The van der Waals surface area contributed by atoms with Gasteiger partial charge in [0.25, 0.3) is 0 Å².